The van der Waals surface area contributed by atoms with Gasteiger partial charge in [-0.05, 0) is 6.07 Å². The van der Waals surface area contributed by atoms with E-state index in [1.807, 2.05) is 13.8 Å². The van der Waals surface area contributed by atoms with Crippen molar-refractivity contribution in [3.63, 3.8) is 0 Å². The molecule has 2 N–H and O–H groups in total. The van der Waals surface area contributed by atoms with Crippen molar-refractivity contribution in [2.75, 3.05) is 5.73 Å². The molecule has 2 aromatic rings. The molecule has 0 unspecified atom stereocenters. The average Bonchev–Trinajstić information content (AvgIpc) is 2.72. The first-order chi connectivity index (χ1) is 8.15. The lowest BCUT2D eigenvalue weighted by Crippen LogP contribution is -2.05. The average molecular weight is 252 g/mol. The topological polar surface area (TPSA) is 69.6 Å². The molecule has 0 saturated heterocycles. The SMILES string of the molecule is CCc1nc(CC)n(-c2ncc(N)cc2Cl)n1. The molecule has 90 valence electrons. The van der Waals surface area contributed by atoms with Crippen LogP contribution in [0.4, 0.5) is 5.69 Å². The van der Waals surface area contributed by atoms with Crippen LogP contribution in [0.5, 0.6) is 0 Å². The quantitative estimate of drug-likeness (QED) is 0.906. The van der Waals surface area contributed by atoms with Gasteiger partial charge in [-0.1, -0.05) is 25.4 Å². The maximum atomic E-state index is 6.11. The normalized spacial score (nSPS) is 10.8. The van der Waals surface area contributed by atoms with Gasteiger partial charge in [0.25, 0.3) is 0 Å². The van der Waals surface area contributed by atoms with E-state index < -0.39 is 0 Å². The maximum absolute atomic E-state index is 6.11. The van der Waals surface area contributed by atoms with Crippen LogP contribution in [-0.4, -0.2) is 19.7 Å². The number of nitrogens with zero attached hydrogens (tertiary/aromatic N) is 4. The Kier molecular flexibility index (Phi) is 3.28. The number of hydrogen-bond donors (Lipinski definition) is 1. The summed E-state index contributed by atoms with van der Waals surface area (Å²) in [7, 11) is 0. The van der Waals surface area contributed by atoms with Crippen LogP contribution < -0.4 is 5.73 Å². The predicted molar refractivity (Wildman–Crippen MR) is 67.3 cm³/mol. The lowest BCUT2D eigenvalue weighted by molar-refractivity contribution is 0.770. The second kappa shape index (κ2) is 4.71. The highest BCUT2D eigenvalue weighted by Crippen LogP contribution is 2.21. The van der Waals surface area contributed by atoms with E-state index in [-0.39, 0.29) is 0 Å². The number of rotatable bonds is 3. The van der Waals surface area contributed by atoms with Gasteiger partial charge in [-0.2, -0.15) is 4.68 Å². The number of pyridine rings is 1. The number of hydrogen-bond acceptors (Lipinski definition) is 4. The number of nitrogen functional groups attached to an aromatic ring is 1. The van der Waals surface area contributed by atoms with Gasteiger partial charge in [0.05, 0.1) is 16.9 Å². The first-order valence-electron chi connectivity index (χ1n) is 5.51. The van der Waals surface area contributed by atoms with Gasteiger partial charge in [0, 0.05) is 12.8 Å². The molecule has 2 heterocycles. The molecule has 0 aliphatic carbocycles. The molecule has 0 aliphatic heterocycles. The Balaban J connectivity index is 2.55. The summed E-state index contributed by atoms with van der Waals surface area (Å²) in [5.41, 5.74) is 6.15. The molecule has 0 aliphatic rings. The third-order valence-electron chi connectivity index (χ3n) is 2.39. The molecular formula is C11H14ClN5. The number of halogens is 1. The maximum Gasteiger partial charge on any atom is 0.174 e. The van der Waals surface area contributed by atoms with Gasteiger partial charge in [-0.15, -0.1) is 5.10 Å². The van der Waals surface area contributed by atoms with Crippen molar-refractivity contribution in [1.29, 1.82) is 0 Å². The van der Waals surface area contributed by atoms with Crippen molar-refractivity contribution in [2.45, 2.75) is 26.7 Å². The van der Waals surface area contributed by atoms with Gasteiger partial charge in [-0.25, -0.2) is 9.97 Å². The standard InChI is InChI=1S/C11H14ClN5/c1-3-9-15-10(4-2)17(16-9)11-8(12)5-7(13)6-14-11/h5-6H,3-4,13H2,1-2H3. The zero-order valence-electron chi connectivity index (χ0n) is 9.81. The zero-order valence-corrected chi connectivity index (χ0v) is 10.6. The van der Waals surface area contributed by atoms with Crippen LogP contribution in [0.2, 0.25) is 5.02 Å². The van der Waals surface area contributed by atoms with E-state index in [1.54, 1.807) is 16.9 Å². The van der Waals surface area contributed by atoms with E-state index in [1.165, 1.54) is 0 Å². The summed E-state index contributed by atoms with van der Waals surface area (Å²) in [4.78, 5) is 8.62. The highest BCUT2D eigenvalue weighted by Gasteiger charge is 2.13. The smallest absolute Gasteiger partial charge is 0.174 e. The molecule has 0 aromatic carbocycles. The van der Waals surface area contributed by atoms with E-state index in [0.717, 1.165) is 24.5 Å². The monoisotopic (exact) mass is 251 g/mol. The summed E-state index contributed by atoms with van der Waals surface area (Å²) in [5, 5.41) is 4.86. The van der Waals surface area contributed by atoms with E-state index in [9.17, 15) is 0 Å². The third-order valence-corrected chi connectivity index (χ3v) is 2.67. The molecule has 0 fully saturated rings. The Hall–Kier alpha value is -1.62. The number of anilines is 1. The lowest BCUT2D eigenvalue weighted by atomic mass is 10.4. The second-order valence-electron chi connectivity index (χ2n) is 3.64. The minimum absolute atomic E-state index is 0.479. The van der Waals surface area contributed by atoms with Crippen molar-refractivity contribution in [3.05, 3.63) is 28.9 Å². The van der Waals surface area contributed by atoms with Crippen molar-refractivity contribution < 1.29 is 0 Å². The fraction of sp³-hybridized carbons (Fsp3) is 0.364. The van der Waals surface area contributed by atoms with Gasteiger partial charge in [-0.3, -0.25) is 0 Å². The lowest BCUT2D eigenvalue weighted by Gasteiger charge is -2.05. The van der Waals surface area contributed by atoms with Crippen molar-refractivity contribution in [1.82, 2.24) is 19.7 Å². The Labute approximate surface area is 105 Å². The van der Waals surface area contributed by atoms with Gasteiger partial charge in [0.2, 0.25) is 0 Å². The second-order valence-corrected chi connectivity index (χ2v) is 4.04. The molecule has 0 saturated carbocycles. The Bertz CT molecular complexity index is 535. The van der Waals surface area contributed by atoms with Gasteiger partial charge in [0.15, 0.2) is 11.6 Å². The fourth-order valence-electron chi connectivity index (χ4n) is 1.54. The summed E-state index contributed by atoms with van der Waals surface area (Å²) < 4.78 is 1.68. The number of nitrogens with two attached hydrogens (primary N) is 1. The summed E-state index contributed by atoms with van der Waals surface area (Å²) >= 11 is 6.11. The first-order valence-corrected chi connectivity index (χ1v) is 5.89. The highest BCUT2D eigenvalue weighted by molar-refractivity contribution is 6.32. The fourth-order valence-corrected chi connectivity index (χ4v) is 1.80. The molecule has 2 rings (SSSR count). The van der Waals surface area contributed by atoms with Crippen LogP contribution in [0, 0.1) is 0 Å². The Morgan fingerprint density at radius 2 is 2.12 bits per heavy atom. The first kappa shape index (κ1) is 11.9. The minimum Gasteiger partial charge on any atom is -0.397 e. The largest absolute Gasteiger partial charge is 0.397 e. The van der Waals surface area contributed by atoms with E-state index in [0.29, 0.717) is 16.5 Å². The molecule has 5 nitrogen and oxygen atoms in total. The van der Waals surface area contributed by atoms with Crippen molar-refractivity contribution >= 4 is 17.3 Å². The highest BCUT2D eigenvalue weighted by atomic mass is 35.5. The summed E-state index contributed by atoms with van der Waals surface area (Å²) in [6, 6.07) is 1.66. The van der Waals surface area contributed by atoms with Gasteiger partial charge < -0.3 is 5.73 Å². The van der Waals surface area contributed by atoms with Crippen molar-refractivity contribution in [3.8, 4) is 5.82 Å². The van der Waals surface area contributed by atoms with Crippen LogP contribution >= 0.6 is 11.6 Å². The van der Waals surface area contributed by atoms with Crippen LogP contribution in [0.15, 0.2) is 12.3 Å². The molecule has 0 radical (unpaired) electrons. The summed E-state index contributed by atoms with van der Waals surface area (Å²) in [6.07, 6.45) is 3.12. The zero-order chi connectivity index (χ0) is 12.4. The van der Waals surface area contributed by atoms with Crippen molar-refractivity contribution in [2.24, 2.45) is 0 Å². The summed E-state index contributed by atoms with van der Waals surface area (Å²) in [6.45, 7) is 4.03. The molecular weight excluding hydrogens is 238 g/mol. The van der Waals surface area contributed by atoms with Crippen LogP contribution in [0.1, 0.15) is 25.5 Å². The Morgan fingerprint density at radius 3 is 2.71 bits per heavy atom. The van der Waals surface area contributed by atoms with E-state index in [4.69, 9.17) is 17.3 Å². The molecule has 0 amide bonds. The molecule has 0 spiro atoms. The van der Waals surface area contributed by atoms with Crippen LogP contribution in [0.25, 0.3) is 5.82 Å². The predicted octanol–water partition coefficient (Wildman–Crippen LogP) is 2.02. The minimum atomic E-state index is 0.479. The Morgan fingerprint density at radius 1 is 1.35 bits per heavy atom. The number of aryl methyl sites for hydroxylation is 2. The van der Waals surface area contributed by atoms with Crippen LogP contribution in [0.3, 0.4) is 0 Å². The third kappa shape index (κ3) is 2.24. The number of aromatic nitrogens is 4. The van der Waals surface area contributed by atoms with Crippen LogP contribution in [-0.2, 0) is 12.8 Å². The molecule has 2 aromatic heterocycles. The molecule has 17 heavy (non-hydrogen) atoms. The molecule has 6 heteroatoms. The molecule has 0 bridgehead atoms. The molecule has 0 atom stereocenters. The van der Waals surface area contributed by atoms with Gasteiger partial charge >= 0.3 is 0 Å². The summed E-state index contributed by atoms with van der Waals surface area (Å²) in [5.74, 6) is 2.21. The van der Waals surface area contributed by atoms with Gasteiger partial charge in [0.1, 0.15) is 5.82 Å². The van der Waals surface area contributed by atoms with E-state index in [2.05, 4.69) is 15.1 Å². The van der Waals surface area contributed by atoms with E-state index >= 15 is 0 Å².